The number of nitrogens with zero attached hydrogens (tertiary/aromatic N) is 3. The molecule has 130 valence electrons. The number of hydrogen-bond donors (Lipinski definition) is 0. The molecular weight excluding hydrogens is 298 g/mol. The average molecular weight is 325 g/mol. The van der Waals surface area contributed by atoms with Crippen molar-refractivity contribution in [2.45, 2.75) is 59.2 Å². The van der Waals surface area contributed by atoms with E-state index in [4.69, 9.17) is 14.0 Å². The van der Waals surface area contributed by atoms with Crippen molar-refractivity contribution in [3.63, 3.8) is 0 Å². The van der Waals surface area contributed by atoms with Crippen LogP contribution in [0.4, 0.5) is 4.79 Å². The van der Waals surface area contributed by atoms with Crippen LogP contribution in [0.15, 0.2) is 4.52 Å². The number of hydrogen-bond acceptors (Lipinski definition) is 6. The number of amides is 1. The molecule has 1 amide bonds. The molecule has 1 aliphatic rings. The average Bonchev–Trinajstić information content (AvgIpc) is 2.80. The highest BCUT2D eigenvalue weighted by Crippen LogP contribution is 2.25. The summed E-state index contributed by atoms with van der Waals surface area (Å²) in [6.07, 6.45) is 0.395. The molecule has 23 heavy (non-hydrogen) atoms. The van der Waals surface area contributed by atoms with Crippen LogP contribution in [-0.4, -0.2) is 46.4 Å². The van der Waals surface area contributed by atoms with Gasteiger partial charge < -0.3 is 18.9 Å². The molecule has 7 heteroatoms. The fourth-order valence-electron chi connectivity index (χ4n) is 2.43. The summed E-state index contributed by atoms with van der Waals surface area (Å²) < 4.78 is 16.3. The number of carbonyl (C=O) groups is 1. The van der Waals surface area contributed by atoms with E-state index < -0.39 is 11.2 Å². The van der Waals surface area contributed by atoms with Gasteiger partial charge in [0.1, 0.15) is 11.2 Å². The first-order valence-corrected chi connectivity index (χ1v) is 8.05. The van der Waals surface area contributed by atoms with E-state index in [-0.39, 0.29) is 6.09 Å². The summed E-state index contributed by atoms with van der Waals surface area (Å²) in [6.45, 7) is 13.2. The zero-order valence-electron chi connectivity index (χ0n) is 14.9. The van der Waals surface area contributed by atoms with Crippen LogP contribution in [0.2, 0.25) is 0 Å². The van der Waals surface area contributed by atoms with E-state index >= 15 is 0 Å². The molecule has 1 saturated heterocycles. The second-order valence-corrected chi connectivity index (χ2v) is 7.41. The van der Waals surface area contributed by atoms with Crippen LogP contribution in [0.25, 0.3) is 0 Å². The van der Waals surface area contributed by atoms with Gasteiger partial charge in [-0.05, 0) is 41.5 Å². The maximum atomic E-state index is 11.9. The van der Waals surface area contributed by atoms with Gasteiger partial charge in [0.05, 0.1) is 0 Å². The van der Waals surface area contributed by atoms with Crippen LogP contribution in [0, 0.1) is 5.92 Å². The minimum atomic E-state index is -0.557. The van der Waals surface area contributed by atoms with E-state index in [0.29, 0.717) is 43.8 Å². The third-order valence-electron chi connectivity index (χ3n) is 3.58. The molecular formula is C16H27N3O4. The van der Waals surface area contributed by atoms with Gasteiger partial charge in [-0.3, -0.25) is 0 Å². The lowest BCUT2D eigenvalue weighted by atomic mass is 9.97. The lowest BCUT2D eigenvalue weighted by molar-refractivity contribution is -0.0221. The van der Waals surface area contributed by atoms with Gasteiger partial charge >= 0.3 is 6.09 Å². The third-order valence-corrected chi connectivity index (χ3v) is 3.58. The second-order valence-electron chi connectivity index (χ2n) is 7.41. The lowest BCUT2D eigenvalue weighted by Gasteiger charge is -2.39. The lowest BCUT2D eigenvalue weighted by Crippen LogP contribution is -2.52. The summed E-state index contributed by atoms with van der Waals surface area (Å²) >= 11 is 0. The first-order chi connectivity index (χ1) is 10.6. The van der Waals surface area contributed by atoms with Gasteiger partial charge in [0.2, 0.25) is 11.7 Å². The predicted molar refractivity (Wildman–Crippen MR) is 84.0 cm³/mol. The number of likely N-dealkylation sites (tertiary alicyclic amines) is 1. The molecule has 0 N–H and O–H groups in total. The van der Waals surface area contributed by atoms with E-state index in [1.165, 1.54) is 0 Å². The molecule has 1 aromatic rings. The zero-order chi connectivity index (χ0) is 17.3. The van der Waals surface area contributed by atoms with Crippen LogP contribution in [-0.2, 0) is 21.5 Å². The summed E-state index contributed by atoms with van der Waals surface area (Å²) in [4.78, 5) is 18.0. The Balaban J connectivity index is 1.82. The summed E-state index contributed by atoms with van der Waals surface area (Å²) in [5.41, 5.74) is -1.02. The van der Waals surface area contributed by atoms with Gasteiger partial charge in [0, 0.05) is 32.0 Å². The van der Waals surface area contributed by atoms with E-state index in [1.54, 1.807) is 4.90 Å². The summed E-state index contributed by atoms with van der Waals surface area (Å²) in [6, 6.07) is 0. The van der Waals surface area contributed by atoms with E-state index in [1.807, 2.05) is 41.5 Å². The molecule has 7 nitrogen and oxygen atoms in total. The number of rotatable bonds is 5. The minimum Gasteiger partial charge on any atom is -0.444 e. The van der Waals surface area contributed by atoms with Gasteiger partial charge in [0.25, 0.3) is 0 Å². The summed E-state index contributed by atoms with van der Waals surface area (Å²) in [5, 5.41) is 4.00. The first kappa shape index (κ1) is 17.7. The number of ether oxygens (including phenoxy) is 2. The van der Waals surface area contributed by atoms with Crippen molar-refractivity contribution in [2.24, 2.45) is 5.92 Å². The Kier molecular flexibility index (Phi) is 4.98. The van der Waals surface area contributed by atoms with Crippen molar-refractivity contribution in [3.05, 3.63) is 11.7 Å². The van der Waals surface area contributed by atoms with Gasteiger partial charge in [0.15, 0.2) is 0 Å². The smallest absolute Gasteiger partial charge is 0.410 e. The van der Waals surface area contributed by atoms with Gasteiger partial charge in [-0.2, -0.15) is 4.98 Å². The minimum absolute atomic E-state index is 0.266. The molecule has 1 fully saturated rings. The molecule has 0 saturated carbocycles. The zero-order valence-corrected chi connectivity index (χ0v) is 14.9. The molecule has 0 aromatic carbocycles. The highest BCUT2D eigenvalue weighted by atomic mass is 16.6. The molecule has 2 rings (SSSR count). The van der Waals surface area contributed by atoms with E-state index in [0.717, 1.165) is 0 Å². The Bertz CT molecular complexity index is 542. The van der Waals surface area contributed by atoms with Gasteiger partial charge in [-0.15, -0.1) is 0 Å². The monoisotopic (exact) mass is 325 g/mol. The normalized spacial score (nSPS) is 16.3. The molecule has 0 unspecified atom stereocenters. The molecule has 1 aliphatic heterocycles. The molecule has 1 aromatic heterocycles. The highest BCUT2D eigenvalue weighted by Gasteiger charge is 2.35. The van der Waals surface area contributed by atoms with E-state index in [9.17, 15) is 4.79 Å². The third kappa shape index (κ3) is 4.67. The molecule has 2 heterocycles. The Morgan fingerprint density at radius 2 is 1.96 bits per heavy atom. The number of carbonyl (C=O) groups excluding carboxylic acids is 1. The highest BCUT2D eigenvalue weighted by molar-refractivity contribution is 5.69. The largest absolute Gasteiger partial charge is 0.444 e. The summed E-state index contributed by atoms with van der Waals surface area (Å²) in [7, 11) is 0. The predicted octanol–water partition coefficient (Wildman–Crippen LogP) is 2.75. The van der Waals surface area contributed by atoms with Gasteiger partial charge in [-0.25, -0.2) is 4.79 Å². The fourth-order valence-corrected chi connectivity index (χ4v) is 2.43. The molecule has 0 bridgehead atoms. The maximum Gasteiger partial charge on any atom is 0.410 e. The standard InChI is InChI=1S/C16H27N3O4/c1-7-21-16(5,6)13-17-12(23-18-13)8-11-9-19(10-11)14(20)22-15(2,3)4/h11H,7-10H2,1-6H3. The van der Waals surface area contributed by atoms with Crippen molar-refractivity contribution < 1.29 is 18.8 Å². The second kappa shape index (κ2) is 6.47. The van der Waals surface area contributed by atoms with Crippen LogP contribution in [0.1, 0.15) is 53.3 Å². The molecule has 0 aliphatic carbocycles. The Hall–Kier alpha value is -1.63. The van der Waals surface area contributed by atoms with Crippen molar-refractivity contribution in [1.29, 1.82) is 0 Å². The summed E-state index contributed by atoms with van der Waals surface area (Å²) in [5.74, 6) is 1.46. The Morgan fingerprint density at radius 1 is 1.30 bits per heavy atom. The van der Waals surface area contributed by atoms with Crippen LogP contribution >= 0.6 is 0 Å². The van der Waals surface area contributed by atoms with Crippen LogP contribution in [0.3, 0.4) is 0 Å². The van der Waals surface area contributed by atoms with Crippen molar-refractivity contribution in [1.82, 2.24) is 15.0 Å². The molecule has 0 atom stereocenters. The van der Waals surface area contributed by atoms with Crippen molar-refractivity contribution in [2.75, 3.05) is 19.7 Å². The maximum absolute atomic E-state index is 11.9. The Morgan fingerprint density at radius 3 is 2.52 bits per heavy atom. The first-order valence-electron chi connectivity index (χ1n) is 8.05. The van der Waals surface area contributed by atoms with Crippen molar-refractivity contribution >= 4 is 6.09 Å². The van der Waals surface area contributed by atoms with Crippen LogP contribution < -0.4 is 0 Å². The van der Waals surface area contributed by atoms with Gasteiger partial charge in [-0.1, -0.05) is 5.16 Å². The number of aromatic nitrogens is 2. The quantitative estimate of drug-likeness (QED) is 0.828. The van der Waals surface area contributed by atoms with Crippen molar-refractivity contribution in [3.8, 4) is 0 Å². The molecule has 0 spiro atoms. The topological polar surface area (TPSA) is 77.7 Å². The molecule has 0 radical (unpaired) electrons. The van der Waals surface area contributed by atoms with Crippen LogP contribution in [0.5, 0.6) is 0 Å². The van der Waals surface area contributed by atoms with E-state index in [2.05, 4.69) is 10.1 Å². The SMILES string of the molecule is CCOC(C)(C)c1noc(CC2CN(C(=O)OC(C)(C)C)C2)n1. The fraction of sp³-hybridized carbons (Fsp3) is 0.812. The Labute approximate surface area is 137 Å².